The summed E-state index contributed by atoms with van der Waals surface area (Å²) in [5.41, 5.74) is 0.704. The minimum atomic E-state index is -3.88. The summed E-state index contributed by atoms with van der Waals surface area (Å²) in [6, 6.07) is 13.2. The molecule has 2 aromatic carbocycles. The zero-order chi connectivity index (χ0) is 23.8. The standard InChI is InChI=1S/C21H26N2O7S2/c1-16(2)20(23-31(25,26)15-12-17-6-4-3-5-7-17)21(24)30-14-13-29-18-8-10-19(11-9-18)32(22,27)28/h3-12,15-16,20,23H,13-14H2,1-2H3,(H2,22,27,28)/b15-12+/t20-/m0/s1. The zero-order valence-electron chi connectivity index (χ0n) is 17.7. The maximum atomic E-state index is 12.4. The predicted molar refractivity (Wildman–Crippen MR) is 120 cm³/mol. The summed E-state index contributed by atoms with van der Waals surface area (Å²) >= 11 is 0. The molecule has 32 heavy (non-hydrogen) atoms. The third-order valence-corrected chi connectivity index (χ3v) is 6.21. The maximum Gasteiger partial charge on any atom is 0.324 e. The van der Waals surface area contributed by atoms with E-state index in [1.807, 2.05) is 6.07 Å². The van der Waals surface area contributed by atoms with Gasteiger partial charge in [0, 0.05) is 5.41 Å². The Hall–Kier alpha value is -2.73. The zero-order valence-corrected chi connectivity index (χ0v) is 19.3. The third-order valence-electron chi connectivity index (χ3n) is 4.20. The summed E-state index contributed by atoms with van der Waals surface area (Å²) in [5.74, 6) is -0.723. The Morgan fingerprint density at radius 1 is 1.00 bits per heavy atom. The van der Waals surface area contributed by atoms with Gasteiger partial charge in [-0.2, -0.15) is 4.72 Å². The number of benzene rings is 2. The van der Waals surface area contributed by atoms with E-state index >= 15 is 0 Å². The van der Waals surface area contributed by atoms with Gasteiger partial charge >= 0.3 is 5.97 Å². The van der Waals surface area contributed by atoms with E-state index < -0.39 is 32.1 Å². The molecule has 0 fully saturated rings. The van der Waals surface area contributed by atoms with Crippen molar-refractivity contribution in [3.8, 4) is 5.75 Å². The lowest BCUT2D eigenvalue weighted by atomic mass is 10.1. The molecule has 9 nitrogen and oxygen atoms in total. The maximum absolute atomic E-state index is 12.4. The molecule has 0 saturated heterocycles. The number of esters is 1. The summed E-state index contributed by atoms with van der Waals surface area (Å²) in [4.78, 5) is 12.3. The summed E-state index contributed by atoms with van der Waals surface area (Å²) < 4.78 is 60.1. The average molecular weight is 483 g/mol. The van der Waals surface area contributed by atoms with E-state index in [-0.39, 0.29) is 24.0 Å². The molecule has 3 N–H and O–H groups in total. The monoisotopic (exact) mass is 482 g/mol. The predicted octanol–water partition coefficient (Wildman–Crippen LogP) is 1.87. The Bertz CT molecular complexity index is 1130. The highest BCUT2D eigenvalue weighted by Crippen LogP contribution is 2.15. The summed E-state index contributed by atoms with van der Waals surface area (Å²) in [6.45, 7) is 3.25. The van der Waals surface area contributed by atoms with Crippen LogP contribution in [0.5, 0.6) is 5.75 Å². The lowest BCUT2D eigenvalue weighted by molar-refractivity contribution is -0.147. The van der Waals surface area contributed by atoms with Crippen molar-refractivity contribution in [1.82, 2.24) is 4.72 Å². The van der Waals surface area contributed by atoms with Crippen LogP contribution in [0.2, 0.25) is 0 Å². The van der Waals surface area contributed by atoms with Gasteiger partial charge in [-0.3, -0.25) is 4.79 Å². The van der Waals surface area contributed by atoms with E-state index in [0.29, 0.717) is 11.3 Å². The number of nitrogens with one attached hydrogen (secondary N) is 1. The number of ether oxygens (including phenoxy) is 2. The van der Waals surface area contributed by atoms with Crippen LogP contribution in [0.1, 0.15) is 19.4 Å². The lowest BCUT2D eigenvalue weighted by Crippen LogP contribution is -2.44. The molecule has 0 radical (unpaired) electrons. The number of hydrogen-bond acceptors (Lipinski definition) is 7. The highest BCUT2D eigenvalue weighted by Gasteiger charge is 2.27. The third kappa shape index (κ3) is 8.42. The average Bonchev–Trinajstić information content (AvgIpc) is 2.74. The van der Waals surface area contributed by atoms with Gasteiger partial charge in [0.05, 0.1) is 4.90 Å². The number of sulfonamides is 2. The SMILES string of the molecule is CC(C)[C@H](NS(=O)(=O)/C=C/c1ccccc1)C(=O)OCCOc1ccc(S(N)(=O)=O)cc1. The van der Waals surface area contributed by atoms with E-state index in [9.17, 15) is 21.6 Å². The molecule has 174 valence electrons. The molecule has 0 bridgehead atoms. The largest absolute Gasteiger partial charge is 0.490 e. The van der Waals surface area contributed by atoms with Crippen LogP contribution in [0.25, 0.3) is 6.08 Å². The van der Waals surface area contributed by atoms with Gasteiger partial charge in [-0.05, 0) is 41.8 Å². The van der Waals surface area contributed by atoms with Crippen LogP contribution in [0.4, 0.5) is 0 Å². The van der Waals surface area contributed by atoms with Crippen LogP contribution in [-0.2, 0) is 29.6 Å². The van der Waals surface area contributed by atoms with E-state index in [1.165, 1.54) is 30.3 Å². The van der Waals surface area contributed by atoms with Gasteiger partial charge in [-0.1, -0.05) is 44.2 Å². The fourth-order valence-corrected chi connectivity index (χ4v) is 4.17. The van der Waals surface area contributed by atoms with Gasteiger partial charge < -0.3 is 9.47 Å². The molecular formula is C21H26N2O7S2. The topological polar surface area (TPSA) is 142 Å². The fourth-order valence-electron chi connectivity index (χ4n) is 2.52. The molecule has 0 spiro atoms. The second-order valence-electron chi connectivity index (χ2n) is 7.13. The molecule has 2 aromatic rings. The second kappa shape index (κ2) is 11.2. The Labute approximate surface area is 188 Å². The summed E-state index contributed by atoms with van der Waals surface area (Å²) in [6.07, 6.45) is 1.43. The molecule has 2 rings (SSSR count). The smallest absolute Gasteiger partial charge is 0.324 e. The first kappa shape index (κ1) is 25.5. The first-order valence-corrected chi connectivity index (χ1v) is 12.7. The van der Waals surface area contributed by atoms with Crippen LogP contribution >= 0.6 is 0 Å². The van der Waals surface area contributed by atoms with Gasteiger partial charge in [0.1, 0.15) is 25.0 Å². The molecule has 0 aliphatic heterocycles. The molecular weight excluding hydrogens is 456 g/mol. The van der Waals surface area contributed by atoms with Crippen LogP contribution in [0, 0.1) is 5.92 Å². The Balaban J connectivity index is 1.88. The number of carbonyl (C=O) groups excluding carboxylic acids is 1. The molecule has 0 aliphatic carbocycles. The first-order chi connectivity index (χ1) is 15.0. The Kier molecular flexibility index (Phi) is 8.96. The van der Waals surface area contributed by atoms with Crippen LogP contribution in [-0.4, -0.2) is 42.1 Å². The molecule has 0 unspecified atom stereocenters. The number of rotatable bonds is 11. The molecule has 0 saturated carbocycles. The van der Waals surface area contributed by atoms with Crippen molar-refractivity contribution in [2.75, 3.05) is 13.2 Å². The van der Waals surface area contributed by atoms with E-state index in [0.717, 1.165) is 5.41 Å². The highest BCUT2D eigenvalue weighted by molar-refractivity contribution is 7.92. The van der Waals surface area contributed by atoms with E-state index in [4.69, 9.17) is 14.6 Å². The molecule has 1 atom stereocenters. The van der Waals surface area contributed by atoms with Crippen LogP contribution < -0.4 is 14.6 Å². The molecule has 11 heteroatoms. The van der Waals surface area contributed by atoms with Crippen LogP contribution in [0.3, 0.4) is 0 Å². The van der Waals surface area contributed by atoms with Crippen molar-refractivity contribution in [3.63, 3.8) is 0 Å². The quantitative estimate of drug-likeness (QED) is 0.368. The fraction of sp³-hybridized carbons (Fsp3) is 0.286. The Morgan fingerprint density at radius 3 is 2.19 bits per heavy atom. The van der Waals surface area contributed by atoms with Crippen molar-refractivity contribution < 1.29 is 31.1 Å². The van der Waals surface area contributed by atoms with Crippen molar-refractivity contribution in [2.24, 2.45) is 11.1 Å². The Morgan fingerprint density at radius 2 is 1.62 bits per heavy atom. The van der Waals surface area contributed by atoms with Gasteiger partial charge in [0.2, 0.25) is 20.0 Å². The molecule has 0 aliphatic rings. The van der Waals surface area contributed by atoms with Crippen LogP contribution in [0.15, 0.2) is 64.9 Å². The molecule has 0 heterocycles. The number of nitrogens with two attached hydrogens (primary N) is 1. The summed E-state index contributed by atoms with van der Waals surface area (Å²) in [7, 11) is -7.68. The van der Waals surface area contributed by atoms with Gasteiger partial charge in [-0.25, -0.2) is 22.0 Å². The number of hydrogen-bond donors (Lipinski definition) is 2. The van der Waals surface area contributed by atoms with Crippen molar-refractivity contribution in [1.29, 1.82) is 0 Å². The first-order valence-electron chi connectivity index (χ1n) is 9.66. The van der Waals surface area contributed by atoms with Gasteiger partial charge in [0.15, 0.2) is 0 Å². The van der Waals surface area contributed by atoms with E-state index in [1.54, 1.807) is 38.1 Å². The van der Waals surface area contributed by atoms with Gasteiger partial charge in [0.25, 0.3) is 0 Å². The van der Waals surface area contributed by atoms with Crippen molar-refractivity contribution >= 4 is 32.1 Å². The molecule has 0 aromatic heterocycles. The minimum Gasteiger partial charge on any atom is -0.490 e. The number of carbonyl (C=O) groups is 1. The molecule has 0 amide bonds. The highest BCUT2D eigenvalue weighted by atomic mass is 32.2. The number of primary sulfonamides is 1. The van der Waals surface area contributed by atoms with Crippen molar-refractivity contribution in [2.45, 2.75) is 24.8 Å². The lowest BCUT2D eigenvalue weighted by Gasteiger charge is -2.20. The van der Waals surface area contributed by atoms with Gasteiger partial charge in [-0.15, -0.1) is 0 Å². The normalized spacial score (nSPS) is 13.2. The van der Waals surface area contributed by atoms with E-state index in [2.05, 4.69) is 4.72 Å². The second-order valence-corrected chi connectivity index (χ2v) is 10.3. The van der Waals surface area contributed by atoms with Crippen molar-refractivity contribution in [3.05, 3.63) is 65.6 Å². The minimum absolute atomic E-state index is 0.00800. The summed E-state index contributed by atoms with van der Waals surface area (Å²) in [5, 5.41) is 6.03.